The first kappa shape index (κ1) is 19.3. The van der Waals surface area contributed by atoms with E-state index in [1.54, 1.807) is 18.2 Å². The number of benzene rings is 1. The molecule has 6 nitrogen and oxygen atoms in total. The Morgan fingerprint density at radius 2 is 2.00 bits per heavy atom. The first-order valence-electron chi connectivity index (χ1n) is 7.10. The van der Waals surface area contributed by atoms with Crippen molar-refractivity contribution < 1.29 is 24.9 Å². The summed E-state index contributed by atoms with van der Waals surface area (Å²) < 4.78 is 0. The number of carboxylic acids is 2. The molecule has 0 aliphatic heterocycles. The molecule has 2 aliphatic carbocycles. The van der Waals surface area contributed by atoms with E-state index in [9.17, 15) is 19.8 Å². The van der Waals surface area contributed by atoms with Crippen molar-refractivity contribution in [3.05, 3.63) is 29.3 Å². The average molecular weight is 394 g/mol. The molecule has 1 aromatic carbocycles. The van der Waals surface area contributed by atoms with Gasteiger partial charge < -0.3 is 21.1 Å². The molecule has 0 spiro atoms. The van der Waals surface area contributed by atoms with Gasteiger partial charge in [0.25, 0.3) is 0 Å². The molecule has 0 saturated heterocycles. The highest BCUT2D eigenvalue weighted by atomic mass is 35.5. The standard InChI is InChI=1S/C15H16ClNO5S.ClH/c16-6-2-1-3-7(4-6)23-5-8-12(18)9-10(13(19)20)11(9)15(8,17)14(21)22;/h1-4,8-12,18H,5,17H2,(H,19,20)(H,21,22);1H/t8-,9+,10+,11+,12-,15+;/m1./s1. The molecule has 6 atom stereocenters. The number of rotatable bonds is 5. The minimum Gasteiger partial charge on any atom is -0.481 e. The minimum atomic E-state index is -1.72. The molecule has 0 bridgehead atoms. The quantitative estimate of drug-likeness (QED) is 0.560. The SMILES string of the molecule is Cl.N[C@]1(C(=O)O)[C@@H]2[C@@H](C(=O)O)[C@@H]2[C@H](O)[C@H]1CSc1cccc(Cl)c1. The zero-order valence-corrected chi connectivity index (χ0v) is 14.7. The maximum Gasteiger partial charge on any atom is 0.324 e. The van der Waals surface area contributed by atoms with E-state index in [-0.39, 0.29) is 18.2 Å². The molecule has 132 valence electrons. The van der Waals surface area contributed by atoms with Gasteiger partial charge in [-0.25, -0.2) is 0 Å². The molecule has 0 radical (unpaired) electrons. The van der Waals surface area contributed by atoms with Crippen molar-refractivity contribution in [3.63, 3.8) is 0 Å². The van der Waals surface area contributed by atoms with E-state index in [0.717, 1.165) is 4.90 Å². The van der Waals surface area contributed by atoms with Crippen LogP contribution in [0.5, 0.6) is 0 Å². The third-order valence-electron chi connectivity index (χ3n) is 4.93. The Morgan fingerprint density at radius 3 is 2.54 bits per heavy atom. The molecule has 2 saturated carbocycles. The number of aliphatic hydroxyl groups excluding tert-OH is 1. The van der Waals surface area contributed by atoms with Crippen LogP contribution in [0.3, 0.4) is 0 Å². The number of carbonyl (C=O) groups is 2. The predicted octanol–water partition coefficient (Wildman–Crippen LogP) is 1.57. The highest BCUT2D eigenvalue weighted by Gasteiger charge is 2.77. The van der Waals surface area contributed by atoms with Gasteiger partial charge in [-0.1, -0.05) is 17.7 Å². The smallest absolute Gasteiger partial charge is 0.324 e. The van der Waals surface area contributed by atoms with Crippen LogP contribution in [-0.2, 0) is 9.59 Å². The summed E-state index contributed by atoms with van der Waals surface area (Å²) in [5, 5.41) is 29.6. The Morgan fingerprint density at radius 1 is 1.33 bits per heavy atom. The van der Waals surface area contributed by atoms with E-state index in [1.807, 2.05) is 6.07 Å². The molecule has 5 N–H and O–H groups in total. The first-order valence-corrected chi connectivity index (χ1v) is 8.46. The Balaban J connectivity index is 0.00000208. The number of thioether (sulfide) groups is 1. The number of aliphatic hydroxyl groups is 1. The summed E-state index contributed by atoms with van der Waals surface area (Å²) in [6.45, 7) is 0. The Hall–Kier alpha value is -0.990. The maximum absolute atomic E-state index is 11.7. The molecule has 9 heteroatoms. The lowest BCUT2D eigenvalue weighted by atomic mass is 9.81. The lowest BCUT2D eigenvalue weighted by Gasteiger charge is -2.32. The monoisotopic (exact) mass is 393 g/mol. The molecule has 0 heterocycles. The number of fused-ring (bicyclic) bond motifs is 1. The fourth-order valence-electron chi connectivity index (χ4n) is 3.77. The molecule has 2 fully saturated rings. The molecule has 0 amide bonds. The van der Waals surface area contributed by atoms with Gasteiger partial charge in [0.1, 0.15) is 5.54 Å². The van der Waals surface area contributed by atoms with Crippen LogP contribution in [0.15, 0.2) is 29.2 Å². The van der Waals surface area contributed by atoms with Crippen molar-refractivity contribution in [2.45, 2.75) is 16.5 Å². The van der Waals surface area contributed by atoms with Gasteiger partial charge in [0, 0.05) is 33.4 Å². The number of carboxylic acid groups (broad SMARTS) is 2. The normalized spacial score (nSPS) is 36.5. The number of aliphatic carboxylic acids is 2. The van der Waals surface area contributed by atoms with Crippen molar-refractivity contribution >= 4 is 47.7 Å². The molecular weight excluding hydrogens is 377 g/mol. The van der Waals surface area contributed by atoms with E-state index in [1.165, 1.54) is 11.8 Å². The van der Waals surface area contributed by atoms with Gasteiger partial charge in [0.15, 0.2) is 0 Å². The summed E-state index contributed by atoms with van der Waals surface area (Å²) in [5.41, 5.74) is 4.36. The van der Waals surface area contributed by atoms with E-state index in [0.29, 0.717) is 5.02 Å². The van der Waals surface area contributed by atoms with Crippen LogP contribution in [0.4, 0.5) is 0 Å². The molecule has 0 aromatic heterocycles. The zero-order valence-electron chi connectivity index (χ0n) is 12.3. The fourth-order valence-corrected chi connectivity index (χ4v) is 5.26. The van der Waals surface area contributed by atoms with Crippen LogP contribution in [0.1, 0.15) is 0 Å². The van der Waals surface area contributed by atoms with Crippen LogP contribution < -0.4 is 5.73 Å². The maximum atomic E-state index is 11.7. The molecule has 0 unspecified atom stereocenters. The fraction of sp³-hybridized carbons (Fsp3) is 0.467. The summed E-state index contributed by atoms with van der Waals surface area (Å²) in [6.07, 6.45) is -1.03. The first-order chi connectivity index (χ1) is 10.8. The molecule has 2 aliphatic rings. The van der Waals surface area contributed by atoms with E-state index in [2.05, 4.69) is 0 Å². The highest BCUT2D eigenvalue weighted by Crippen LogP contribution is 2.64. The van der Waals surface area contributed by atoms with Gasteiger partial charge in [-0.2, -0.15) is 0 Å². The second-order valence-electron chi connectivity index (χ2n) is 6.07. The highest BCUT2D eigenvalue weighted by molar-refractivity contribution is 7.99. The Bertz CT molecular complexity index is 675. The summed E-state index contributed by atoms with van der Waals surface area (Å²) in [4.78, 5) is 23.7. The number of nitrogens with two attached hydrogens (primary N) is 1. The zero-order chi connectivity index (χ0) is 16.9. The largest absolute Gasteiger partial charge is 0.481 e. The molecular formula is C15H17Cl2NO5S. The van der Waals surface area contributed by atoms with Gasteiger partial charge in [-0.3, -0.25) is 9.59 Å². The lowest BCUT2D eigenvalue weighted by Crippen LogP contribution is -2.58. The molecule has 24 heavy (non-hydrogen) atoms. The number of hydrogen-bond donors (Lipinski definition) is 4. The second kappa shape index (κ2) is 6.72. The number of hydrogen-bond acceptors (Lipinski definition) is 5. The van der Waals surface area contributed by atoms with Gasteiger partial charge in [0.05, 0.1) is 12.0 Å². The summed E-state index contributed by atoms with van der Waals surface area (Å²) in [7, 11) is 0. The molecule has 3 rings (SSSR count). The topological polar surface area (TPSA) is 121 Å². The van der Waals surface area contributed by atoms with Crippen LogP contribution >= 0.6 is 35.8 Å². The summed E-state index contributed by atoms with van der Waals surface area (Å²) in [6, 6.07) is 7.08. The van der Waals surface area contributed by atoms with Gasteiger partial charge in [-0.05, 0) is 18.2 Å². The van der Waals surface area contributed by atoms with Crippen molar-refractivity contribution in [2.24, 2.45) is 29.4 Å². The van der Waals surface area contributed by atoms with Gasteiger partial charge in [0.2, 0.25) is 0 Å². The molecule has 1 aromatic rings. The van der Waals surface area contributed by atoms with Crippen molar-refractivity contribution in [1.82, 2.24) is 0 Å². The van der Waals surface area contributed by atoms with Gasteiger partial charge in [-0.15, -0.1) is 24.2 Å². The third-order valence-corrected chi connectivity index (χ3v) is 6.28. The predicted molar refractivity (Wildman–Crippen MR) is 91.6 cm³/mol. The van der Waals surface area contributed by atoms with Crippen LogP contribution in [-0.4, -0.2) is 44.7 Å². The Kier molecular flexibility index (Phi) is 5.42. The van der Waals surface area contributed by atoms with Crippen molar-refractivity contribution in [1.29, 1.82) is 0 Å². The Labute approximate surface area is 153 Å². The lowest BCUT2D eigenvalue weighted by molar-refractivity contribution is -0.148. The summed E-state index contributed by atoms with van der Waals surface area (Å²) >= 11 is 7.27. The van der Waals surface area contributed by atoms with Gasteiger partial charge >= 0.3 is 11.9 Å². The van der Waals surface area contributed by atoms with E-state index < -0.39 is 47.3 Å². The van der Waals surface area contributed by atoms with E-state index in [4.69, 9.17) is 22.4 Å². The average Bonchev–Trinajstić information content (AvgIpc) is 3.18. The minimum absolute atomic E-state index is 0. The summed E-state index contributed by atoms with van der Waals surface area (Å²) in [5.74, 6) is -4.98. The van der Waals surface area contributed by atoms with Crippen LogP contribution in [0, 0.1) is 23.7 Å². The second-order valence-corrected chi connectivity index (χ2v) is 7.60. The van der Waals surface area contributed by atoms with E-state index >= 15 is 0 Å². The number of halogens is 2. The van der Waals surface area contributed by atoms with Crippen LogP contribution in [0.25, 0.3) is 0 Å². The third kappa shape index (κ3) is 2.88. The van der Waals surface area contributed by atoms with Crippen LogP contribution in [0.2, 0.25) is 5.02 Å². The van der Waals surface area contributed by atoms with Crippen molar-refractivity contribution in [3.8, 4) is 0 Å². The van der Waals surface area contributed by atoms with Crippen molar-refractivity contribution in [2.75, 3.05) is 5.75 Å².